The maximum absolute atomic E-state index is 12.0. The predicted molar refractivity (Wildman–Crippen MR) is 95.5 cm³/mol. The van der Waals surface area contributed by atoms with Gasteiger partial charge in [0.25, 0.3) is 0 Å². The van der Waals surface area contributed by atoms with Crippen LogP contribution in [0.25, 0.3) is 0 Å². The second-order valence-corrected chi connectivity index (χ2v) is 9.38. The molecule has 3 nitrogen and oxygen atoms in total. The SMILES string of the molecule is CCOC1C[C@H]2[C@@H]3CN(C)C4=CC(=O)CC[C@]4(C)[C@@H]3CC[C@]2(C)C1. The first-order valence-corrected chi connectivity index (χ1v) is 9.95. The molecule has 3 fully saturated rings. The third-order valence-corrected chi connectivity index (χ3v) is 8.06. The Hall–Kier alpha value is -0.830. The molecule has 0 radical (unpaired) electrons. The first-order valence-electron chi connectivity index (χ1n) is 9.95. The number of hydrogen-bond donors (Lipinski definition) is 0. The van der Waals surface area contributed by atoms with Crippen molar-refractivity contribution < 1.29 is 9.53 Å². The molecular weight excluding hydrogens is 298 g/mol. The molecule has 2 saturated carbocycles. The Morgan fingerprint density at radius 3 is 2.83 bits per heavy atom. The van der Waals surface area contributed by atoms with E-state index in [0.717, 1.165) is 43.7 Å². The smallest absolute Gasteiger partial charge is 0.157 e. The van der Waals surface area contributed by atoms with Gasteiger partial charge in [-0.1, -0.05) is 13.8 Å². The Morgan fingerprint density at radius 1 is 1.29 bits per heavy atom. The van der Waals surface area contributed by atoms with Gasteiger partial charge in [0.15, 0.2) is 5.78 Å². The molecule has 6 atom stereocenters. The lowest BCUT2D eigenvalue weighted by Gasteiger charge is -2.59. The molecule has 24 heavy (non-hydrogen) atoms. The fourth-order valence-electron chi connectivity index (χ4n) is 6.93. The second kappa shape index (κ2) is 5.59. The van der Waals surface area contributed by atoms with Crippen molar-refractivity contribution in [2.45, 2.75) is 65.4 Å². The van der Waals surface area contributed by atoms with Crippen molar-refractivity contribution in [3.8, 4) is 0 Å². The van der Waals surface area contributed by atoms with E-state index in [2.05, 4.69) is 32.7 Å². The summed E-state index contributed by atoms with van der Waals surface area (Å²) in [6.07, 6.45) is 9.36. The minimum absolute atomic E-state index is 0.205. The standard InChI is InChI=1S/C21H33NO2/c1-5-24-15-11-18-16-13-22(4)19-10-14(23)6-9-21(19,3)17(16)7-8-20(18,2)12-15/h10,15-18H,5-9,11-13H2,1-4H3/t15?,16-,17-,18+,20-,21-/m1/s1. The third kappa shape index (κ3) is 2.30. The quantitative estimate of drug-likeness (QED) is 0.765. The molecule has 4 aliphatic rings. The number of hydrogen-bond acceptors (Lipinski definition) is 3. The van der Waals surface area contributed by atoms with Crippen LogP contribution in [-0.2, 0) is 9.53 Å². The third-order valence-electron chi connectivity index (χ3n) is 8.06. The Bertz CT molecular complexity index is 570. The lowest BCUT2D eigenvalue weighted by molar-refractivity contribution is -0.118. The summed E-state index contributed by atoms with van der Waals surface area (Å²) in [7, 11) is 2.21. The van der Waals surface area contributed by atoms with Crippen molar-refractivity contribution in [2.75, 3.05) is 20.2 Å². The summed E-state index contributed by atoms with van der Waals surface area (Å²) in [4.78, 5) is 14.4. The van der Waals surface area contributed by atoms with Gasteiger partial charge in [0, 0.05) is 43.8 Å². The van der Waals surface area contributed by atoms with Crippen LogP contribution >= 0.6 is 0 Å². The van der Waals surface area contributed by atoms with E-state index in [4.69, 9.17) is 4.74 Å². The zero-order chi connectivity index (χ0) is 17.1. The summed E-state index contributed by atoms with van der Waals surface area (Å²) in [6, 6.07) is 0. The molecule has 3 aliphatic carbocycles. The number of carbonyl (C=O) groups excluding carboxylic acids is 1. The van der Waals surface area contributed by atoms with E-state index < -0.39 is 0 Å². The molecule has 0 bridgehead atoms. The van der Waals surface area contributed by atoms with Crippen molar-refractivity contribution in [3.63, 3.8) is 0 Å². The van der Waals surface area contributed by atoms with E-state index in [0.29, 0.717) is 17.3 Å². The van der Waals surface area contributed by atoms with Crippen LogP contribution < -0.4 is 0 Å². The molecule has 0 aromatic rings. The van der Waals surface area contributed by atoms with Gasteiger partial charge < -0.3 is 9.64 Å². The molecule has 1 heterocycles. The molecule has 134 valence electrons. The van der Waals surface area contributed by atoms with Crippen LogP contribution in [0.5, 0.6) is 0 Å². The van der Waals surface area contributed by atoms with Crippen LogP contribution in [0.2, 0.25) is 0 Å². The number of ether oxygens (including phenoxy) is 1. The first-order chi connectivity index (χ1) is 11.4. The molecule has 1 aliphatic heterocycles. The summed E-state index contributed by atoms with van der Waals surface area (Å²) in [5.74, 6) is 2.61. The number of piperidine rings is 1. The van der Waals surface area contributed by atoms with Crippen LogP contribution in [0.4, 0.5) is 0 Å². The maximum Gasteiger partial charge on any atom is 0.157 e. The minimum Gasteiger partial charge on any atom is -0.378 e. The van der Waals surface area contributed by atoms with Gasteiger partial charge in [0.1, 0.15) is 0 Å². The van der Waals surface area contributed by atoms with Gasteiger partial charge in [0.05, 0.1) is 6.10 Å². The zero-order valence-corrected chi connectivity index (χ0v) is 15.8. The van der Waals surface area contributed by atoms with E-state index >= 15 is 0 Å². The highest BCUT2D eigenvalue weighted by Crippen LogP contribution is 2.63. The molecule has 0 aromatic heterocycles. The van der Waals surface area contributed by atoms with Gasteiger partial charge in [-0.25, -0.2) is 0 Å². The van der Waals surface area contributed by atoms with Crippen LogP contribution in [0.15, 0.2) is 11.8 Å². The van der Waals surface area contributed by atoms with Crippen molar-refractivity contribution >= 4 is 5.78 Å². The predicted octanol–water partition coefficient (Wildman–Crippen LogP) is 4.03. The number of allylic oxidation sites excluding steroid dienone is 2. The molecule has 0 aromatic carbocycles. The first kappa shape index (κ1) is 16.6. The minimum atomic E-state index is 0.205. The van der Waals surface area contributed by atoms with Crippen LogP contribution in [0.3, 0.4) is 0 Å². The van der Waals surface area contributed by atoms with Gasteiger partial charge in [-0.15, -0.1) is 0 Å². The normalized spacial score (nSPS) is 47.8. The molecule has 0 spiro atoms. The summed E-state index contributed by atoms with van der Waals surface area (Å²) >= 11 is 0. The highest BCUT2D eigenvalue weighted by Gasteiger charge is 2.59. The average Bonchev–Trinajstić information content (AvgIpc) is 2.86. The molecule has 0 N–H and O–H groups in total. The molecule has 0 amide bonds. The largest absolute Gasteiger partial charge is 0.378 e. The van der Waals surface area contributed by atoms with Crippen LogP contribution in [-0.4, -0.2) is 37.0 Å². The van der Waals surface area contributed by atoms with Crippen LogP contribution in [0, 0.1) is 28.6 Å². The van der Waals surface area contributed by atoms with E-state index in [1.807, 2.05) is 6.08 Å². The molecular formula is C21H33NO2. The van der Waals surface area contributed by atoms with Crippen molar-refractivity contribution in [1.29, 1.82) is 0 Å². The topological polar surface area (TPSA) is 29.5 Å². The highest BCUT2D eigenvalue weighted by molar-refractivity contribution is 5.91. The molecule has 3 heteroatoms. The fourth-order valence-corrected chi connectivity index (χ4v) is 6.93. The van der Waals surface area contributed by atoms with Crippen molar-refractivity contribution in [2.24, 2.45) is 28.6 Å². The second-order valence-electron chi connectivity index (χ2n) is 9.38. The number of rotatable bonds is 2. The van der Waals surface area contributed by atoms with E-state index in [1.165, 1.54) is 31.4 Å². The molecule has 1 unspecified atom stereocenters. The summed E-state index contributed by atoms with van der Waals surface area (Å²) in [5, 5.41) is 0. The monoisotopic (exact) mass is 331 g/mol. The van der Waals surface area contributed by atoms with Gasteiger partial charge in [-0.3, -0.25) is 4.79 Å². The molecule has 4 rings (SSSR count). The van der Waals surface area contributed by atoms with Crippen molar-refractivity contribution in [3.05, 3.63) is 11.8 Å². The van der Waals surface area contributed by atoms with Gasteiger partial charge >= 0.3 is 0 Å². The summed E-state index contributed by atoms with van der Waals surface area (Å²) in [6.45, 7) is 9.05. The maximum atomic E-state index is 12.0. The number of fused-ring (bicyclic) bond motifs is 5. The van der Waals surface area contributed by atoms with Crippen molar-refractivity contribution in [1.82, 2.24) is 4.90 Å². The van der Waals surface area contributed by atoms with E-state index in [9.17, 15) is 4.79 Å². The Balaban J connectivity index is 1.66. The van der Waals surface area contributed by atoms with Crippen LogP contribution in [0.1, 0.15) is 59.3 Å². The van der Waals surface area contributed by atoms with Gasteiger partial charge in [-0.05, 0) is 62.2 Å². The Morgan fingerprint density at radius 2 is 2.08 bits per heavy atom. The fraction of sp³-hybridized carbons (Fsp3) is 0.857. The lowest BCUT2D eigenvalue weighted by Crippen LogP contribution is -2.56. The lowest BCUT2D eigenvalue weighted by atomic mass is 9.50. The van der Waals surface area contributed by atoms with E-state index in [-0.39, 0.29) is 5.41 Å². The number of likely N-dealkylation sites (tertiary alicyclic amines) is 1. The highest BCUT2D eigenvalue weighted by atomic mass is 16.5. The Kier molecular flexibility index (Phi) is 3.87. The number of ketones is 1. The average molecular weight is 332 g/mol. The summed E-state index contributed by atoms with van der Waals surface area (Å²) in [5.41, 5.74) is 1.99. The number of carbonyl (C=O) groups is 1. The summed E-state index contributed by atoms with van der Waals surface area (Å²) < 4.78 is 6.04. The Labute approximate surface area is 146 Å². The zero-order valence-electron chi connectivity index (χ0n) is 15.8. The van der Waals surface area contributed by atoms with E-state index in [1.54, 1.807) is 0 Å². The molecule has 1 saturated heterocycles. The number of nitrogens with zero attached hydrogens (tertiary/aromatic N) is 1. The van der Waals surface area contributed by atoms with Gasteiger partial charge in [-0.2, -0.15) is 0 Å². The van der Waals surface area contributed by atoms with Gasteiger partial charge in [0.2, 0.25) is 0 Å².